The second-order valence-electron chi connectivity index (χ2n) is 5.26. The molecule has 2 aromatic carbocycles. The van der Waals surface area contributed by atoms with Crippen LogP contribution in [0.15, 0.2) is 60.0 Å². The molecule has 0 bridgehead atoms. The standard InChI is InChI=1S/C17H13FN6S/c18-13-7-3-1-5-11(13)9-25-17-22-16(19)24(23-17)15-12-6-2-4-8-14(12)20-10-21-15/h1-8,10H,9H2,(H2,19,22,23). The van der Waals surface area contributed by atoms with Gasteiger partial charge in [-0.05, 0) is 23.8 Å². The zero-order chi connectivity index (χ0) is 17.2. The molecule has 0 radical (unpaired) electrons. The molecule has 4 aromatic rings. The Morgan fingerprint density at radius 2 is 1.84 bits per heavy atom. The van der Waals surface area contributed by atoms with Crippen molar-refractivity contribution >= 4 is 28.6 Å². The predicted molar refractivity (Wildman–Crippen MR) is 94.8 cm³/mol. The van der Waals surface area contributed by atoms with Crippen LogP contribution in [0.25, 0.3) is 16.7 Å². The normalized spacial score (nSPS) is 11.1. The van der Waals surface area contributed by atoms with Gasteiger partial charge in [0.15, 0.2) is 5.82 Å². The summed E-state index contributed by atoms with van der Waals surface area (Å²) >= 11 is 1.32. The highest BCUT2D eigenvalue weighted by Gasteiger charge is 2.14. The Kier molecular flexibility index (Phi) is 4.02. The molecule has 0 aliphatic carbocycles. The number of fused-ring (bicyclic) bond motifs is 1. The van der Waals surface area contributed by atoms with Gasteiger partial charge in [-0.3, -0.25) is 0 Å². The third-order valence-corrected chi connectivity index (χ3v) is 4.54. The molecule has 2 heterocycles. The van der Waals surface area contributed by atoms with E-state index in [0.717, 1.165) is 10.9 Å². The molecule has 0 aliphatic rings. The average molecular weight is 352 g/mol. The number of rotatable bonds is 4. The first-order valence-corrected chi connectivity index (χ1v) is 8.50. The molecule has 6 nitrogen and oxygen atoms in total. The van der Waals surface area contributed by atoms with Gasteiger partial charge in [-0.25, -0.2) is 14.4 Å². The van der Waals surface area contributed by atoms with Gasteiger partial charge in [0, 0.05) is 11.1 Å². The third kappa shape index (κ3) is 3.03. The smallest absolute Gasteiger partial charge is 0.225 e. The van der Waals surface area contributed by atoms with E-state index in [0.29, 0.717) is 22.3 Å². The summed E-state index contributed by atoms with van der Waals surface area (Å²) in [6.07, 6.45) is 1.46. The Hall–Kier alpha value is -3.00. The van der Waals surface area contributed by atoms with Crippen LogP contribution in [0.3, 0.4) is 0 Å². The minimum Gasteiger partial charge on any atom is -0.368 e. The first-order chi connectivity index (χ1) is 12.2. The van der Waals surface area contributed by atoms with Crippen LogP contribution >= 0.6 is 11.8 Å². The Morgan fingerprint density at radius 3 is 2.72 bits per heavy atom. The number of nitrogens with two attached hydrogens (primary N) is 1. The number of nitrogens with zero attached hydrogens (tertiary/aromatic N) is 5. The molecule has 2 aromatic heterocycles. The van der Waals surface area contributed by atoms with Gasteiger partial charge in [-0.15, -0.1) is 5.10 Å². The second kappa shape index (κ2) is 6.48. The monoisotopic (exact) mass is 352 g/mol. The lowest BCUT2D eigenvalue weighted by Crippen LogP contribution is -2.05. The highest BCUT2D eigenvalue weighted by atomic mass is 32.2. The van der Waals surface area contributed by atoms with Gasteiger partial charge in [-0.2, -0.15) is 9.67 Å². The zero-order valence-corrected chi connectivity index (χ0v) is 13.8. The minimum atomic E-state index is -0.246. The van der Waals surface area contributed by atoms with Crippen LogP contribution in [0.1, 0.15) is 5.56 Å². The molecule has 0 saturated heterocycles. The highest BCUT2D eigenvalue weighted by molar-refractivity contribution is 7.98. The van der Waals surface area contributed by atoms with E-state index in [1.165, 1.54) is 28.8 Å². The molecule has 124 valence electrons. The summed E-state index contributed by atoms with van der Waals surface area (Å²) < 4.78 is 15.2. The summed E-state index contributed by atoms with van der Waals surface area (Å²) in [5, 5.41) is 5.69. The molecule has 0 aliphatic heterocycles. The Morgan fingerprint density at radius 1 is 1.04 bits per heavy atom. The van der Waals surface area contributed by atoms with Crippen LogP contribution in [-0.4, -0.2) is 24.7 Å². The van der Waals surface area contributed by atoms with E-state index in [-0.39, 0.29) is 11.8 Å². The Bertz CT molecular complexity index is 1040. The van der Waals surface area contributed by atoms with Crippen molar-refractivity contribution in [2.45, 2.75) is 10.9 Å². The molecule has 0 fully saturated rings. The van der Waals surface area contributed by atoms with Crippen molar-refractivity contribution in [3.05, 3.63) is 66.2 Å². The van der Waals surface area contributed by atoms with E-state index >= 15 is 0 Å². The topological polar surface area (TPSA) is 82.5 Å². The molecule has 0 amide bonds. The summed E-state index contributed by atoms with van der Waals surface area (Å²) in [6.45, 7) is 0. The number of halogens is 1. The van der Waals surface area contributed by atoms with Crippen molar-refractivity contribution in [2.24, 2.45) is 0 Å². The van der Waals surface area contributed by atoms with Gasteiger partial charge < -0.3 is 5.73 Å². The lowest BCUT2D eigenvalue weighted by molar-refractivity contribution is 0.617. The summed E-state index contributed by atoms with van der Waals surface area (Å²) in [6, 6.07) is 14.2. The van der Waals surface area contributed by atoms with Crippen LogP contribution in [-0.2, 0) is 5.75 Å². The SMILES string of the molecule is Nc1nc(SCc2ccccc2F)nn1-c1ncnc2ccccc12. The van der Waals surface area contributed by atoms with Gasteiger partial charge in [0.25, 0.3) is 0 Å². The van der Waals surface area contributed by atoms with E-state index in [9.17, 15) is 4.39 Å². The van der Waals surface area contributed by atoms with Crippen molar-refractivity contribution in [1.29, 1.82) is 0 Å². The van der Waals surface area contributed by atoms with Gasteiger partial charge in [0.1, 0.15) is 12.1 Å². The summed E-state index contributed by atoms with van der Waals surface area (Å²) in [5.41, 5.74) is 7.39. The maximum absolute atomic E-state index is 13.7. The number of nitrogen functional groups attached to an aromatic ring is 1. The molecular weight excluding hydrogens is 339 g/mol. The van der Waals surface area contributed by atoms with Crippen molar-refractivity contribution in [3.63, 3.8) is 0 Å². The van der Waals surface area contributed by atoms with Gasteiger partial charge in [-0.1, -0.05) is 42.1 Å². The van der Waals surface area contributed by atoms with Gasteiger partial charge in [0.05, 0.1) is 5.52 Å². The molecular formula is C17H13FN6S. The van der Waals surface area contributed by atoms with Crippen molar-refractivity contribution < 1.29 is 4.39 Å². The number of hydrogen-bond acceptors (Lipinski definition) is 6. The first kappa shape index (κ1) is 15.5. The van der Waals surface area contributed by atoms with Crippen LogP contribution in [0.2, 0.25) is 0 Å². The lowest BCUT2D eigenvalue weighted by atomic mass is 10.2. The van der Waals surface area contributed by atoms with Crippen LogP contribution in [0.5, 0.6) is 0 Å². The fourth-order valence-corrected chi connectivity index (χ4v) is 3.25. The van der Waals surface area contributed by atoms with Crippen LogP contribution in [0, 0.1) is 5.82 Å². The zero-order valence-electron chi connectivity index (χ0n) is 13.0. The number of anilines is 1. The molecule has 4 rings (SSSR count). The Balaban J connectivity index is 1.65. The molecule has 0 atom stereocenters. The third-order valence-electron chi connectivity index (χ3n) is 3.65. The predicted octanol–water partition coefficient (Wildman–Crippen LogP) is 3.22. The van der Waals surface area contributed by atoms with Gasteiger partial charge >= 0.3 is 0 Å². The van der Waals surface area contributed by atoms with Crippen molar-refractivity contribution in [3.8, 4) is 5.82 Å². The fourth-order valence-electron chi connectivity index (χ4n) is 2.44. The van der Waals surface area contributed by atoms with E-state index in [4.69, 9.17) is 5.73 Å². The Labute approximate surface area is 146 Å². The number of benzene rings is 2. The van der Waals surface area contributed by atoms with Crippen LogP contribution in [0.4, 0.5) is 10.3 Å². The molecule has 0 spiro atoms. The highest BCUT2D eigenvalue weighted by Crippen LogP contribution is 2.25. The number of hydrogen-bond donors (Lipinski definition) is 1. The maximum Gasteiger partial charge on any atom is 0.225 e. The largest absolute Gasteiger partial charge is 0.368 e. The quantitative estimate of drug-likeness (QED) is 0.568. The van der Waals surface area contributed by atoms with E-state index in [1.54, 1.807) is 18.2 Å². The second-order valence-corrected chi connectivity index (χ2v) is 6.20. The summed E-state index contributed by atoms with van der Waals surface area (Å²) in [5.74, 6) is 0.957. The molecule has 25 heavy (non-hydrogen) atoms. The number of para-hydroxylation sites is 1. The van der Waals surface area contributed by atoms with Crippen molar-refractivity contribution in [1.82, 2.24) is 24.7 Å². The van der Waals surface area contributed by atoms with E-state index in [1.807, 2.05) is 24.3 Å². The maximum atomic E-state index is 13.7. The average Bonchev–Trinajstić information content (AvgIpc) is 3.01. The fraction of sp³-hybridized carbons (Fsp3) is 0.0588. The van der Waals surface area contributed by atoms with Gasteiger partial charge in [0.2, 0.25) is 11.1 Å². The summed E-state index contributed by atoms with van der Waals surface area (Å²) in [4.78, 5) is 12.8. The lowest BCUT2D eigenvalue weighted by Gasteiger charge is -2.04. The number of aromatic nitrogens is 5. The molecule has 8 heteroatoms. The first-order valence-electron chi connectivity index (χ1n) is 7.51. The summed E-state index contributed by atoms with van der Waals surface area (Å²) in [7, 11) is 0. The van der Waals surface area contributed by atoms with Crippen molar-refractivity contribution in [2.75, 3.05) is 5.73 Å². The number of thioether (sulfide) groups is 1. The van der Waals surface area contributed by atoms with E-state index < -0.39 is 0 Å². The minimum absolute atomic E-state index is 0.222. The van der Waals surface area contributed by atoms with E-state index in [2.05, 4.69) is 20.1 Å². The molecule has 0 saturated carbocycles. The molecule has 2 N–H and O–H groups in total. The van der Waals surface area contributed by atoms with Crippen LogP contribution < -0.4 is 5.73 Å². The molecule has 0 unspecified atom stereocenters.